The molecule has 1 rings (SSSR count). The molecule has 122 valence electrons. The van der Waals surface area contributed by atoms with Crippen LogP contribution in [0.5, 0.6) is 0 Å². The Bertz CT molecular complexity index is 533. The van der Waals surface area contributed by atoms with Crippen LogP contribution < -0.4 is 5.48 Å². The zero-order valence-electron chi connectivity index (χ0n) is 12.3. The molecule has 0 aromatic heterocycles. The van der Waals surface area contributed by atoms with Crippen LogP contribution in [-0.2, 0) is 27.0 Å². The molecule has 5 nitrogen and oxygen atoms in total. The molecule has 0 atom stereocenters. The highest BCUT2D eigenvalue weighted by Crippen LogP contribution is 2.29. The maximum Gasteiger partial charge on any atom is 0.441 e. The van der Waals surface area contributed by atoms with Crippen LogP contribution in [0, 0.1) is 0 Å². The van der Waals surface area contributed by atoms with E-state index < -0.39 is 29.4 Å². The van der Waals surface area contributed by atoms with Gasteiger partial charge in [0.2, 0.25) is 0 Å². The Morgan fingerprint density at radius 2 is 1.64 bits per heavy atom. The third-order valence-electron chi connectivity index (χ3n) is 2.28. The summed E-state index contributed by atoms with van der Waals surface area (Å²) < 4.78 is 42.0. The van der Waals surface area contributed by atoms with Gasteiger partial charge < -0.3 is 9.57 Å². The van der Waals surface area contributed by atoms with Gasteiger partial charge in [-0.15, -0.1) is 5.48 Å². The molecule has 0 aliphatic carbocycles. The normalized spacial score (nSPS) is 11.7. The highest BCUT2D eigenvalue weighted by atomic mass is 19.4. The molecule has 0 aliphatic rings. The minimum Gasteiger partial charge on any atom is -0.442 e. The number of carbonyl (C=O) groups is 2. The van der Waals surface area contributed by atoms with Gasteiger partial charge in [-0.05, 0) is 38.5 Å². The first-order valence-electron chi connectivity index (χ1n) is 6.32. The first kappa shape index (κ1) is 17.8. The van der Waals surface area contributed by atoms with Gasteiger partial charge in [0.05, 0.1) is 12.0 Å². The van der Waals surface area contributed by atoms with Crippen molar-refractivity contribution in [2.75, 3.05) is 0 Å². The van der Waals surface area contributed by atoms with Gasteiger partial charge in [0.15, 0.2) is 0 Å². The number of rotatable bonds is 2. The maximum atomic E-state index is 12.4. The molecular formula is C14H16F3NO4. The molecule has 0 saturated heterocycles. The van der Waals surface area contributed by atoms with Gasteiger partial charge in [-0.25, -0.2) is 9.59 Å². The Hall–Kier alpha value is -2.25. The van der Waals surface area contributed by atoms with Crippen LogP contribution in [0.25, 0.3) is 0 Å². The average molecular weight is 319 g/mol. The molecule has 0 saturated carbocycles. The quantitative estimate of drug-likeness (QED) is 0.850. The van der Waals surface area contributed by atoms with Crippen molar-refractivity contribution >= 4 is 12.1 Å². The van der Waals surface area contributed by atoms with Crippen LogP contribution in [0.15, 0.2) is 24.3 Å². The van der Waals surface area contributed by atoms with Crippen molar-refractivity contribution in [3.63, 3.8) is 0 Å². The SMILES string of the molecule is CC(C)(C)OC(=O)NOC(=O)Cc1ccc(C(F)(F)F)cc1. The molecule has 8 heteroatoms. The standard InChI is InChI=1S/C14H16F3NO4/c1-13(2,3)21-12(20)18-22-11(19)8-9-4-6-10(7-5-9)14(15,16)17/h4-7H,8H2,1-3H3,(H,18,20). The molecule has 1 aromatic rings. The number of nitrogens with one attached hydrogen (secondary N) is 1. The molecule has 0 aliphatic heterocycles. The molecule has 1 amide bonds. The number of hydrogen-bond donors (Lipinski definition) is 1. The lowest BCUT2D eigenvalue weighted by molar-refractivity contribution is -0.149. The number of hydroxylamine groups is 1. The Balaban J connectivity index is 2.47. The summed E-state index contributed by atoms with van der Waals surface area (Å²) in [7, 11) is 0. The molecule has 0 spiro atoms. The van der Waals surface area contributed by atoms with Crippen molar-refractivity contribution in [3.05, 3.63) is 35.4 Å². The largest absolute Gasteiger partial charge is 0.442 e. The average Bonchev–Trinajstić information content (AvgIpc) is 2.34. The summed E-state index contributed by atoms with van der Waals surface area (Å²) in [6.45, 7) is 4.91. The van der Waals surface area contributed by atoms with Crippen LogP contribution in [0.3, 0.4) is 0 Å². The highest BCUT2D eigenvalue weighted by molar-refractivity contribution is 5.75. The minimum atomic E-state index is -4.43. The van der Waals surface area contributed by atoms with E-state index in [2.05, 4.69) is 4.84 Å². The topological polar surface area (TPSA) is 64.6 Å². The summed E-state index contributed by atoms with van der Waals surface area (Å²) in [5, 5.41) is 0. The Kier molecular flexibility index (Phi) is 5.40. The number of alkyl halides is 3. The van der Waals surface area contributed by atoms with Gasteiger partial charge in [-0.2, -0.15) is 13.2 Å². The third-order valence-corrected chi connectivity index (χ3v) is 2.28. The van der Waals surface area contributed by atoms with Crippen LogP contribution >= 0.6 is 0 Å². The van der Waals surface area contributed by atoms with Crippen LogP contribution in [0.4, 0.5) is 18.0 Å². The Labute approximate surface area is 125 Å². The van der Waals surface area contributed by atoms with Crippen molar-refractivity contribution in [1.82, 2.24) is 5.48 Å². The van der Waals surface area contributed by atoms with E-state index in [0.717, 1.165) is 24.3 Å². The van der Waals surface area contributed by atoms with Crippen LogP contribution in [0.1, 0.15) is 31.9 Å². The second-order valence-electron chi connectivity index (χ2n) is 5.45. The van der Waals surface area contributed by atoms with E-state index in [1.165, 1.54) is 0 Å². The lowest BCUT2D eigenvalue weighted by Crippen LogP contribution is -2.34. The van der Waals surface area contributed by atoms with Gasteiger partial charge in [0, 0.05) is 0 Å². The molecule has 0 heterocycles. The van der Waals surface area contributed by atoms with Crippen LogP contribution in [0.2, 0.25) is 0 Å². The molecule has 0 bridgehead atoms. The zero-order valence-corrected chi connectivity index (χ0v) is 12.3. The number of halogens is 3. The molecule has 1 aromatic carbocycles. The van der Waals surface area contributed by atoms with Crippen molar-refractivity contribution in [2.45, 2.75) is 39.0 Å². The smallest absolute Gasteiger partial charge is 0.441 e. The summed E-state index contributed by atoms with van der Waals surface area (Å²) in [6.07, 6.45) is -5.65. The minimum absolute atomic E-state index is 0.284. The molecule has 0 unspecified atom stereocenters. The molecule has 22 heavy (non-hydrogen) atoms. The van der Waals surface area contributed by atoms with E-state index in [-0.39, 0.29) is 6.42 Å². The molecule has 1 N–H and O–H groups in total. The summed E-state index contributed by atoms with van der Waals surface area (Å²) >= 11 is 0. The van der Waals surface area contributed by atoms with Gasteiger partial charge >= 0.3 is 18.2 Å². The van der Waals surface area contributed by atoms with E-state index in [1.807, 2.05) is 0 Å². The number of amides is 1. The van der Waals surface area contributed by atoms with Gasteiger partial charge in [-0.1, -0.05) is 12.1 Å². The van der Waals surface area contributed by atoms with Crippen molar-refractivity contribution in [3.8, 4) is 0 Å². The Morgan fingerprint density at radius 1 is 1.09 bits per heavy atom. The van der Waals surface area contributed by atoms with Gasteiger partial charge in [0.25, 0.3) is 0 Å². The fourth-order valence-corrected chi connectivity index (χ4v) is 1.41. The monoisotopic (exact) mass is 319 g/mol. The van der Waals surface area contributed by atoms with Crippen molar-refractivity contribution < 1.29 is 32.3 Å². The molecule has 0 radical (unpaired) electrons. The fraction of sp³-hybridized carbons (Fsp3) is 0.429. The summed E-state index contributed by atoms with van der Waals surface area (Å²) in [5.41, 5.74) is 0.572. The lowest BCUT2D eigenvalue weighted by atomic mass is 10.1. The highest BCUT2D eigenvalue weighted by Gasteiger charge is 2.30. The Morgan fingerprint density at radius 3 is 2.09 bits per heavy atom. The predicted octanol–water partition coefficient (Wildman–Crippen LogP) is 3.23. The number of carbonyl (C=O) groups excluding carboxylic acids is 2. The molecular weight excluding hydrogens is 303 g/mol. The summed E-state index contributed by atoms with van der Waals surface area (Å²) in [5.74, 6) is -0.828. The van der Waals surface area contributed by atoms with E-state index >= 15 is 0 Å². The van der Waals surface area contributed by atoms with Crippen molar-refractivity contribution in [1.29, 1.82) is 0 Å². The number of ether oxygens (including phenoxy) is 1. The van der Waals surface area contributed by atoms with E-state index in [0.29, 0.717) is 5.56 Å². The van der Waals surface area contributed by atoms with Crippen molar-refractivity contribution in [2.24, 2.45) is 0 Å². The first-order chi connectivity index (χ1) is 9.97. The van der Waals surface area contributed by atoms with E-state index in [1.54, 1.807) is 26.3 Å². The number of benzene rings is 1. The van der Waals surface area contributed by atoms with Gasteiger partial charge in [0.1, 0.15) is 5.60 Å². The number of hydrogen-bond acceptors (Lipinski definition) is 4. The van der Waals surface area contributed by atoms with Crippen LogP contribution in [-0.4, -0.2) is 17.7 Å². The fourth-order valence-electron chi connectivity index (χ4n) is 1.41. The maximum absolute atomic E-state index is 12.4. The lowest BCUT2D eigenvalue weighted by Gasteiger charge is -2.19. The molecule has 0 fully saturated rings. The van der Waals surface area contributed by atoms with E-state index in [9.17, 15) is 22.8 Å². The first-order valence-corrected chi connectivity index (χ1v) is 6.32. The van der Waals surface area contributed by atoms with Gasteiger partial charge in [-0.3, -0.25) is 0 Å². The predicted molar refractivity (Wildman–Crippen MR) is 70.6 cm³/mol. The third kappa shape index (κ3) is 6.47. The second kappa shape index (κ2) is 6.67. The van der Waals surface area contributed by atoms with E-state index in [4.69, 9.17) is 4.74 Å². The zero-order chi connectivity index (χ0) is 17.0. The second-order valence-corrected chi connectivity index (χ2v) is 5.45. The summed E-state index contributed by atoms with van der Waals surface area (Å²) in [6, 6.07) is 4.06. The summed E-state index contributed by atoms with van der Waals surface area (Å²) in [4.78, 5) is 27.2.